The first kappa shape index (κ1) is 21.1. The van der Waals surface area contributed by atoms with Gasteiger partial charge in [-0.2, -0.15) is 15.0 Å². The van der Waals surface area contributed by atoms with E-state index in [0.717, 1.165) is 37.2 Å². The number of nitrogen functional groups attached to an aromatic ring is 1. The van der Waals surface area contributed by atoms with Crippen molar-refractivity contribution in [2.24, 2.45) is 0 Å². The van der Waals surface area contributed by atoms with Gasteiger partial charge in [-0.1, -0.05) is 37.3 Å². The summed E-state index contributed by atoms with van der Waals surface area (Å²) in [4.78, 5) is 15.8. The zero-order valence-corrected chi connectivity index (χ0v) is 18.2. The highest BCUT2D eigenvalue weighted by molar-refractivity contribution is 5.58. The Hall–Kier alpha value is -3.19. The molecule has 0 saturated carbocycles. The molecule has 0 amide bonds. The molecule has 3 N–H and O–H groups in total. The van der Waals surface area contributed by atoms with Gasteiger partial charge in [0.1, 0.15) is 11.6 Å². The maximum atomic E-state index is 6.01. The van der Waals surface area contributed by atoms with Crippen molar-refractivity contribution in [2.45, 2.75) is 45.7 Å². The number of ether oxygens (including phenoxy) is 1. The molecule has 31 heavy (non-hydrogen) atoms. The lowest BCUT2D eigenvalue weighted by atomic mass is 10.0. The number of benzene rings is 2. The molecule has 1 aliphatic heterocycles. The van der Waals surface area contributed by atoms with Crippen LogP contribution < -0.4 is 15.8 Å². The quantitative estimate of drug-likeness (QED) is 0.557. The minimum absolute atomic E-state index is 0.235. The maximum Gasteiger partial charge on any atom is 0.232 e. The molecule has 1 saturated heterocycles. The minimum atomic E-state index is 0.235. The number of hydrogen-bond donors (Lipinski definition) is 2. The van der Waals surface area contributed by atoms with Crippen molar-refractivity contribution in [3.8, 4) is 5.75 Å². The predicted molar refractivity (Wildman–Crippen MR) is 123 cm³/mol. The Morgan fingerprint density at radius 1 is 1.06 bits per heavy atom. The molecule has 1 aliphatic rings. The van der Waals surface area contributed by atoms with Crippen LogP contribution in [-0.2, 0) is 13.0 Å². The van der Waals surface area contributed by atoms with Gasteiger partial charge in [0.15, 0.2) is 0 Å². The van der Waals surface area contributed by atoms with E-state index in [1.165, 1.54) is 11.1 Å². The van der Waals surface area contributed by atoms with Crippen LogP contribution in [0, 0.1) is 0 Å². The van der Waals surface area contributed by atoms with Gasteiger partial charge in [0.25, 0.3) is 0 Å². The predicted octanol–water partition coefficient (Wildman–Crippen LogP) is 4.50. The number of likely N-dealkylation sites (tertiary alicyclic amines) is 1. The van der Waals surface area contributed by atoms with Crippen LogP contribution in [0.2, 0.25) is 0 Å². The number of hydrogen-bond acceptors (Lipinski definition) is 7. The molecule has 0 spiro atoms. The van der Waals surface area contributed by atoms with Crippen LogP contribution in [0.5, 0.6) is 5.75 Å². The van der Waals surface area contributed by atoms with Crippen molar-refractivity contribution in [1.29, 1.82) is 0 Å². The standard InChI is InChI=1S/C24H30N6O/c1-3-17-8-5-6-9-20(17)26-24-28-22(27-23(25)29-24)16-30-15-7-10-21(30)18-11-13-19(14-12-18)31-4-2/h5-6,8-9,11-14,21H,3-4,7,10,15-16H2,1-2H3,(H3,25,26,27,28,29)/t21-/m1/s1. The number of aromatic nitrogens is 3. The summed E-state index contributed by atoms with van der Waals surface area (Å²) in [7, 11) is 0. The monoisotopic (exact) mass is 418 g/mol. The Bertz CT molecular complexity index is 1010. The molecule has 1 aromatic heterocycles. The molecule has 2 heterocycles. The van der Waals surface area contributed by atoms with Crippen LogP contribution in [0.25, 0.3) is 0 Å². The van der Waals surface area contributed by atoms with Crippen molar-refractivity contribution in [3.63, 3.8) is 0 Å². The number of nitrogens with two attached hydrogens (primary N) is 1. The van der Waals surface area contributed by atoms with E-state index in [-0.39, 0.29) is 5.95 Å². The summed E-state index contributed by atoms with van der Waals surface area (Å²) in [6.07, 6.45) is 3.19. The molecule has 1 fully saturated rings. The van der Waals surface area contributed by atoms with Crippen molar-refractivity contribution in [3.05, 3.63) is 65.5 Å². The Morgan fingerprint density at radius 3 is 2.65 bits per heavy atom. The molecule has 0 unspecified atom stereocenters. The molecule has 7 heteroatoms. The van der Waals surface area contributed by atoms with Gasteiger partial charge in [0, 0.05) is 11.7 Å². The third kappa shape index (κ3) is 5.11. The lowest BCUT2D eigenvalue weighted by molar-refractivity contribution is 0.242. The Labute approximate surface area is 183 Å². The smallest absolute Gasteiger partial charge is 0.232 e. The van der Waals surface area contributed by atoms with Crippen molar-refractivity contribution < 1.29 is 4.74 Å². The summed E-state index contributed by atoms with van der Waals surface area (Å²) in [6.45, 7) is 6.44. The van der Waals surface area contributed by atoms with Gasteiger partial charge in [-0.25, -0.2) is 0 Å². The minimum Gasteiger partial charge on any atom is -0.494 e. The summed E-state index contributed by atoms with van der Waals surface area (Å²) in [5.74, 6) is 2.31. The van der Waals surface area contributed by atoms with Gasteiger partial charge >= 0.3 is 0 Å². The average Bonchev–Trinajstić information content (AvgIpc) is 3.22. The van der Waals surface area contributed by atoms with Crippen molar-refractivity contribution in [1.82, 2.24) is 19.9 Å². The summed E-state index contributed by atoms with van der Waals surface area (Å²) < 4.78 is 5.58. The van der Waals surface area contributed by atoms with E-state index in [9.17, 15) is 0 Å². The third-order valence-electron chi connectivity index (χ3n) is 5.63. The van der Waals surface area contributed by atoms with Gasteiger partial charge in [-0.3, -0.25) is 4.90 Å². The van der Waals surface area contributed by atoms with Crippen LogP contribution in [0.3, 0.4) is 0 Å². The lowest BCUT2D eigenvalue weighted by Crippen LogP contribution is -2.24. The number of para-hydroxylation sites is 1. The van der Waals surface area contributed by atoms with Crippen molar-refractivity contribution in [2.75, 3.05) is 24.2 Å². The first-order chi connectivity index (χ1) is 15.2. The molecule has 2 aromatic carbocycles. The number of anilines is 3. The normalized spacial score (nSPS) is 16.4. The molecule has 3 aromatic rings. The number of aryl methyl sites for hydroxylation is 1. The maximum absolute atomic E-state index is 6.01. The van der Waals surface area contributed by atoms with E-state index in [2.05, 4.69) is 50.3 Å². The molecule has 4 rings (SSSR count). The van der Waals surface area contributed by atoms with Crippen LogP contribution >= 0.6 is 0 Å². The summed E-state index contributed by atoms with van der Waals surface area (Å²) >= 11 is 0. The zero-order valence-electron chi connectivity index (χ0n) is 18.2. The number of nitrogens with zero attached hydrogens (tertiary/aromatic N) is 4. The molecule has 7 nitrogen and oxygen atoms in total. The first-order valence-corrected chi connectivity index (χ1v) is 11.0. The van der Waals surface area contributed by atoms with Crippen molar-refractivity contribution >= 4 is 17.6 Å². The largest absolute Gasteiger partial charge is 0.494 e. The van der Waals surface area contributed by atoms with E-state index < -0.39 is 0 Å². The number of nitrogens with one attached hydrogen (secondary N) is 1. The zero-order chi connectivity index (χ0) is 21.6. The van der Waals surface area contributed by atoms with Crippen LogP contribution in [0.4, 0.5) is 17.6 Å². The average molecular weight is 419 g/mol. The van der Waals surface area contributed by atoms with Gasteiger partial charge in [0.05, 0.1) is 13.2 Å². The Morgan fingerprint density at radius 2 is 1.87 bits per heavy atom. The van der Waals surface area contributed by atoms with E-state index in [4.69, 9.17) is 10.5 Å². The first-order valence-electron chi connectivity index (χ1n) is 11.0. The van der Waals surface area contributed by atoms with Crippen LogP contribution in [-0.4, -0.2) is 33.0 Å². The SMILES string of the molecule is CCOc1ccc([C@H]2CCCN2Cc2nc(N)nc(Nc3ccccc3CC)n2)cc1. The van der Waals surface area contributed by atoms with E-state index in [0.29, 0.717) is 31.0 Å². The lowest BCUT2D eigenvalue weighted by Gasteiger charge is -2.24. The van der Waals surface area contributed by atoms with Gasteiger partial charge in [-0.05, 0) is 62.1 Å². The molecule has 162 valence electrons. The van der Waals surface area contributed by atoms with Crippen LogP contribution in [0.1, 0.15) is 49.7 Å². The summed E-state index contributed by atoms with van der Waals surface area (Å²) in [5, 5.41) is 3.32. The fourth-order valence-electron chi connectivity index (χ4n) is 4.16. The Kier molecular flexibility index (Phi) is 6.62. The van der Waals surface area contributed by atoms with E-state index in [1.54, 1.807) is 0 Å². The third-order valence-corrected chi connectivity index (χ3v) is 5.63. The second-order valence-corrected chi connectivity index (χ2v) is 7.70. The van der Waals surface area contributed by atoms with E-state index >= 15 is 0 Å². The Balaban J connectivity index is 1.50. The molecular formula is C24H30N6O. The molecule has 0 radical (unpaired) electrons. The fraction of sp³-hybridized carbons (Fsp3) is 0.375. The second kappa shape index (κ2) is 9.75. The summed E-state index contributed by atoms with van der Waals surface area (Å²) in [5.41, 5.74) is 9.51. The molecule has 0 bridgehead atoms. The molecular weight excluding hydrogens is 388 g/mol. The highest BCUT2D eigenvalue weighted by Gasteiger charge is 2.27. The fourth-order valence-corrected chi connectivity index (χ4v) is 4.16. The van der Waals surface area contributed by atoms with Gasteiger partial charge < -0.3 is 15.8 Å². The van der Waals surface area contributed by atoms with Crippen LogP contribution in [0.15, 0.2) is 48.5 Å². The molecule has 1 atom stereocenters. The van der Waals surface area contributed by atoms with Gasteiger partial charge in [0.2, 0.25) is 11.9 Å². The summed E-state index contributed by atoms with van der Waals surface area (Å²) in [6, 6.07) is 16.9. The highest BCUT2D eigenvalue weighted by atomic mass is 16.5. The topological polar surface area (TPSA) is 89.2 Å². The molecule has 0 aliphatic carbocycles. The van der Waals surface area contributed by atoms with E-state index in [1.807, 2.05) is 37.3 Å². The second-order valence-electron chi connectivity index (χ2n) is 7.70. The van der Waals surface area contributed by atoms with Gasteiger partial charge in [-0.15, -0.1) is 0 Å². The number of rotatable bonds is 8. The highest BCUT2D eigenvalue weighted by Crippen LogP contribution is 2.33.